The van der Waals surface area contributed by atoms with Gasteiger partial charge in [-0.15, -0.1) is 0 Å². The molecule has 3 atom stereocenters. The van der Waals surface area contributed by atoms with Crippen LogP contribution in [0, 0.1) is 0 Å². The average molecular weight is 392 g/mol. The first-order chi connectivity index (χ1) is 14.1. The van der Waals surface area contributed by atoms with Crippen molar-refractivity contribution in [2.45, 2.75) is 31.4 Å². The van der Waals surface area contributed by atoms with Gasteiger partial charge in [0.2, 0.25) is 5.95 Å². The van der Waals surface area contributed by atoms with Gasteiger partial charge in [0, 0.05) is 54.3 Å². The molecule has 0 radical (unpaired) electrons. The van der Waals surface area contributed by atoms with Crippen LogP contribution in [0.25, 0.3) is 11.0 Å². The number of aromatic amines is 2. The minimum Gasteiger partial charge on any atom is -0.360 e. The molecule has 1 fully saturated rings. The number of nitrogens with zero attached hydrogens (tertiary/aromatic N) is 4. The van der Waals surface area contributed by atoms with Crippen molar-refractivity contribution in [3.8, 4) is 0 Å². The van der Waals surface area contributed by atoms with Crippen molar-refractivity contribution in [2.24, 2.45) is 0 Å². The Morgan fingerprint density at radius 1 is 1.24 bits per heavy atom. The van der Waals surface area contributed by atoms with Gasteiger partial charge in [0.1, 0.15) is 12.0 Å². The van der Waals surface area contributed by atoms with E-state index in [1.165, 1.54) is 0 Å². The molecule has 4 N–H and O–H groups in total. The second-order valence-electron chi connectivity index (χ2n) is 7.31. The Bertz CT molecular complexity index is 1170. The van der Waals surface area contributed by atoms with Crippen LogP contribution in [0.5, 0.6) is 0 Å². The van der Waals surface area contributed by atoms with Crippen LogP contribution in [0.2, 0.25) is 0 Å². The molecule has 4 heterocycles. The fourth-order valence-electron chi connectivity index (χ4n) is 3.48. The summed E-state index contributed by atoms with van der Waals surface area (Å²) in [6, 6.07) is 7.81. The van der Waals surface area contributed by atoms with E-state index in [-0.39, 0.29) is 11.8 Å². The minimum absolute atomic E-state index is 0.0419. The first-order valence-corrected chi connectivity index (χ1v) is 9.57. The lowest BCUT2D eigenvalue weighted by molar-refractivity contribution is 0.466. The molecule has 4 aromatic rings. The number of alkyl halides is 1. The molecule has 0 spiro atoms. The molecule has 1 aliphatic rings. The van der Waals surface area contributed by atoms with Crippen LogP contribution in [0.1, 0.15) is 42.1 Å². The van der Waals surface area contributed by atoms with Gasteiger partial charge in [-0.2, -0.15) is 10.1 Å². The molecule has 148 valence electrons. The van der Waals surface area contributed by atoms with Crippen LogP contribution in [0.4, 0.5) is 22.0 Å². The SMILES string of the molecule is CNc1ncc([C@H](C)c2ccc3[nH]ccc3n2)c(Nc2cc([C@H]3C[C@@H]3F)[nH]n2)n1. The number of fused-ring (bicyclic) bond motifs is 1. The maximum absolute atomic E-state index is 13.3. The third kappa shape index (κ3) is 3.28. The molecule has 0 aliphatic heterocycles. The highest BCUT2D eigenvalue weighted by atomic mass is 19.1. The highest BCUT2D eigenvalue weighted by Gasteiger charge is 2.40. The molecule has 0 amide bonds. The van der Waals surface area contributed by atoms with E-state index in [0.29, 0.717) is 24.0 Å². The number of aromatic nitrogens is 6. The van der Waals surface area contributed by atoms with Crippen molar-refractivity contribution >= 4 is 28.6 Å². The number of anilines is 3. The van der Waals surface area contributed by atoms with E-state index in [1.807, 2.05) is 30.5 Å². The molecule has 5 rings (SSSR count). The maximum atomic E-state index is 13.3. The molecule has 1 aliphatic carbocycles. The van der Waals surface area contributed by atoms with Crippen LogP contribution in [-0.2, 0) is 0 Å². The quantitative estimate of drug-likeness (QED) is 0.397. The average Bonchev–Trinajstić information content (AvgIpc) is 3.12. The van der Waals surface area contributed by atoms with Gasteiger partial charge >= 0.3 is 0 Å². The number of hydrogen-bond acceptors (Lipinski definition) is 6. The molecule has 4 aromatic heterocycles. The molecular weight excluding hydrogens is 371 g/mol. The molecular formula is C20H21FN8. The van der Waals surface area contributed by atoms with Crippen LogP contribution >= 0.6 is 0 Å². The number of halogens is 1. The number of hydrogen-bond donors (Lipinski definition) is 4. The zero-order valence-corrected chi connectivity index (χ0v) is 16.1. The number of H-pyrrole nitrogens is 2. The van der Waals surface area contributed by atoms with Crippen LogP contribution < -0.4 is 10.6 Å². The third-order valence-corrected chi connectivity index (χ3v) is 5.33. The van der Waals surface area contributed by atoms with E-state index >= 15 is 0 Å². The molecule has 0 unspecified atom stereocenters. The lowest BCUT2D eigenvalue weighted by atomic mass is 9.98. The predicted molar refractivity (Wildman–Crippen MR) is 109 cm³/mol. The number of nitrogens with one attached hydrogen (secondary N) is 4. The summed E-state index contributed by atoms with van der Waals surface area (Å²) in [4.78, 5) is 16.9. The fourth-order valence-corrected chi connectivity index (χ4v) is 3.48. The summed E-state index contributed by atoms with van der Waals surface area (Å²) in [6.07, 6.45) is 3.44. The monoisotopic (exact) mass is 392 g/mol. The Kier molecular flexibility index (Phi) is 4.15. The Morgan fingerprint density at radius 2 is 2.10 bits per heavy atom. The van der Waals surface area contributed by atoms with Gasteiger partial charge in [-0.05, 0) is 24.6 Å². The Morgan fingerprint density at radius 3 is 2.90 bits per heavy atom. The summed E-state index contributed by atoms with van der Waals surface area (Å²) in [7, 11) is 1.77. The van der Waals surface area contributed by atoms with E-state index in [4.69, 9.17) is 4.98 Å². The second-order valence-corrected chi connectivity index (χ2v) is 7.31. The zero-order valence-electron chi connectivity index (χ0n) is 16.1. The Balaban J connectivity index is 1.48. The van der Waals surface area contributed by atoms with Gasteiger partial charge in [-0.3, -0.25) is 10.1 Å². The third-order valence-electron chi connectivity index (χ3n) is 5.33. The smallest absolute Gasteiger partial charge is 0.224 e. The fraction of sp³-hybridized carbons (Fsp3) is 0.300. The molecule has 1 saturated carbocycles. The summed E-state index contributed by atoms with van der Waals surface area (Å²) < 4.78 is 13.3. The van der Waals surface area contributed by atoms with E-state index in [0.717, 1.165) is 28.0 Å². The summed E-state index contributed by atoms with van der Waals surface area (Å²) in [5.74, 6) is 1.62. The number of pyridine rings is 1. The van der Waals surface area contributed by atoms with Crippen molar-refractivity contribution < 1.29 is 4.39 Å². The molecule has 0 saturated heterocycles. The second kappa shape index (κ2) is 6.84. The van der Waals surface area contributed by atoms with Crippen molar-refractivity contribution in [1.82, 2.24) is 30.1 Å². The summed E-state index contributed by atoms with van der Waals surface area (Å²) >= 11 is 0. The molecule has 8 nitrogen and oxygen atoms in total. The molecule has 0 aromatic carbocycles. The van der Waals surface area contributed by atoms with Gasteiger partial charge in [0.15, 0.2) is 5.82 Å². The minimum atomic E-state index is -0.775. The molecule has 9 heteroatoms. The molecule has 0 bridgehead atoms. The highest BCUT2D eigenvalue weighted by molar-refractivity contribution is 5.75. The van der Waals surface area contributed by atoms with Gasteiger partial charge < -0.3 is 15.6 Å². The highest BCUT2D eigenvalue weighted by Crippen LogP contribution is 2.43. The summed E-state index contributed by atoms with van der Waals surface area (Å²) in [6.45, 7) is 2.07. The standard InChI is InChI=1S/C20H21FN8/c1-10(14-3-4-15-16(25-14)5-6-23-15)12-9-24-20(22-2)27-19(12)26-18-8-17(28-29-18)11-7-13(11)21/h3-6,8-11,13,23H,7H2,1-2H3,(H3,22,24,26,27,28,29)/t10-,11-,13-/m0/s1. The van der Waals surface area contributed by atoms with Gasteiger partial charge in [0.05, 0.1) is 11.0 Å². The van der Waals surface area contributed by atoms with Crippen molar-refractivity contribution in [1.29, 1.82) is 0 Å². The number of rotatable bonds is 6. The van der Waals surface area contributed by atoms with E-state index < -0.39 is 6.17 Å². The topological polar surface area (TPSA) is 107 Å². The van der Waals surface area contributed by atoms with Crippen LogP contribution in [-0.4, -0.2) is 43.4 Å². The van der Waals surface area contributed by atoms with Crippen molar-refractivity contribution in [3.05, 3.63) is 53.6 Å². The summed E-state index contributed by atoms with van der Waals surface area (Å²) in [5, 5.41) is 13.4. The largest absolute Gasteiger partial charge is 0.360 e. The van der Waals surface area contributed by atoms with Gasteiger partial charge in [-0.1, -0.05) is 6.92 Å². The van der Waals surface area contributed by atoms with E-state index in [2.05, 4.69) is 42.7 Å². The normalized spacial score (nSPS) is 19.3. The van der Waals surface area contributed by atoms with Gasteiger partial charge in [0.25, 0.3) is 0 Å². The Labute approximate surface area is 166 Å². The summed E-state index contributed by atoms with van der Waals surface area (Å²) in [5.41, 5.74) is 4.53. The lowest BCUT2D eigenvalue weighted by Gasteiger charge is -2.16. The van der Waals surface area contributed by atoms with Crippen LogP contribution in [0.3, 0.4) is 0 Å². The van der Waals surface area contributed by atoms with E-state index in [9.17, 15) is 4.39 Å². The first kappa shape index (κ1) is 17.6. The Hall–Kier alpha value is -3.49. The van der Waals surface area contributed by atoms with Gasteiger partial charge in [-0.25, -0.2) is 9.37 Å². The predicted octanol–water partition coefficient (Wildman–Crippen LogP) is 3.84. The molecule has 29 heavy (non-hydrogen) atoms. The van der Waals surface area contributed by atoms with Crippen LogP contribution in [0.15, 0.2) is 36.7 Å². The lowest BCUT2D eigenvalue weighted by Crippen LogP contribution is -2.08. The van der Waals surface area contributed by atoms with Crippen molar-refractivity contribution in [2.75, 3.05) is 17.7 Å². The maximum Gasteiger partial charge on any atom is 0.224 e. The zero-order chi connectivity index (χ0) is 20.0. The van der Waals surface area contributed by atoms with Crippen molar-refractivity contribution in [3.63, 3.8) is 0 Å². The van der Waals surface area contributed by atoms with E-state index in [1.54, 1.807) is 13.2 Å². The first-order valence-electron chi connectivity index (χ1n) is 9.57.